The van der Waals surface area contributed by atoms with E-state index in [2.05, 4.69) is 0 Å². The van der Waals surface area contributed by atoms with E-state index in [1.807, 2.05) is 0 Å². The Hall–Kier alpha value is -0.710. The SMILES string of the molecule is O=C(C(O)CO)P(=O)(C(=O)C(O)CO)C(O)C(O)CO. The van der Waals surface area contributed by atoms with Crippen molar-refractivity contribution in [1.29, 1.82) is 0 Å². The normalized spacial score (nSPS) is 20.6. The fourth-order valence-electron chi connectivity index (χ4n) is 1.30. The van der Waals surface area contributed by atoms with Gasteiger partial charge in [0.15, 0.2) is 0 Å². The van der Waals surface area contributed by atoms with Crippen molar-refractivity contribution >= 4 is 18.2 Å². The van der Waals surface area contributed by atoms with Crippen LogP contribution in [0.15, 0.2) is 0 Å². The van der Waals surface area contributed by atoms with E-state index in [-0.39, 0.29) is 0 Å². The van der Waals surface area contributed by atoms with E-state index in [1.54, 1.807) is 0 Å². The number of carbonyl (C=O) groups excluding carboxylic acids is 2. The van der Waals surface area contributed by atoms with Crippen molar-refractivity contribution in [2.45, 2.75) is 24.2 Å². The van der Waals surface area contributed by atoms with Crippen molar-refractivity contribution in [2.75, 3.05) is 19.8 Å². The second-order valence-corrected chi connectivity index (χ2v) is 6.62. The Bertz CT molecular complexity index is 370. The summed E-state index contributed by atoms with van der Waals surface area (Å²) in [6, 6.07) is 0. The summed E-state index contributed by atoms with van der Waals surface area (Å²) in [6.07, 6.45) is -6.75. The molecule has 0 saturated heterocycles. The molecule has 0 fully saturated rings. The average molecular weight is 316 g/mol. The number of rotatable bonds is 9. The van der Waals surface area contributed by atoms with Crippen molar-refractivity contribution in [3.8, 4) is 0 Å². The Kier molecular flexibility index (Phi) is 7.63. The molecule has 0 rings (SSSR count). The first-order chi connectivity index (χ1) is 9.18. The lowest BCUT2D eigenvalue weighted by molar-refractivity contribution is -0.125. The zero-order chi connectivity index (χ0) is 16.1. The molecule has 10 nitrogen and oxygen atoms in total. The minimum absolute atomic E-state index is 1.16. The molecular weight excluding hydrogens is 299 g/mol. The Morgan fingerprint density at radius 1 is 0.800 bits per heavy atom. The van der Waals surface area contributed by atoms with E-state index in [4.69, 9.17) is 25.5 Å². The van der Waals surface area contributed by atoms with Gasteiger partial charge in [-0.3, -0.25) is 9.59 Å². The van der Waals surface area contributed by atoms with Crippen LogP contribution in [0, 0.1) is 0 Å². The lowest BCUT2D eigenvalue weighted by Crippen LogP contribution is -2.41. The summed E-state index contributed by atoms with van der Waals surface area (Å²) in [5.41, 5.74) is -3.59. The maximum absolute atomic E-state index is 12.4. The van der Waals surface area contributed by atoms with Crippen LogP contribution in [0.2, 0.25) is 0 Å². The van der Waals surface area contributed by atoms with Gasteiger partial charge >= 0.3 is 0 Å². The van der Waals surface area contributed by atoms with Crippen LogP contribution in [0.25, 0.3) is 0 Å². The summed E-state index contributed by atoms with van der Waals surface area (Å²) >= 11 is 0. The number of aliphatic hydroxyl groups excluding tert-OH is 7. The summed E-state index contributed by atoms with van der Waals surface area (Å²) in [5, 5.41) is 62.9. The fourth-order valence-corrected chi connectivity index (χ4v) is 3.67. The molecule has 20 heavy (non-hydrogen) atoms. The molecule has 4 atom stereocenters. The van der Waals surface area contributed by atoms with Gasteiger partial charge in [-0.1, -0.05) is 0 Å². The van der Waals surface area contributed by atoms with E-state index >= 15 is 0 Å². The minimum atomic E-state index is -5.16. The van der Waals surface area contributed by atoms with Gasteiger partial charge in [0.05, 0.1) is 19.8 Å². The van der Waals surface area contributed by atoms with Gasteiger partial charge in [-0.05, 0) is 0 Å². The summed E-state index contributed by atoms with van der Waals surface area (Å²) in [7, 11) is -5.16. The van der Waals surface area contributed by atoms with Gasteiger partial charge in [-0.15, -0.1) is 0 Å². The zero-order valence-corrected chi connectivity index (χ0v) is 11.1. The Morgan fingerprint density at radius 2 is 1.15 bits per heavy atom. The van der Waals surface area contributed by atoms with Gasteiger partial charge < -0.3 is 40.3 Å². The first kappa shape index (κ1) is 19.3. The highest BCUT2D eigenvalue weighted by atomic mass is 31.2. The predicted octanol–water partition coefficient (Wildman–Crippen LogP) is -4.22. The largest absolute Gasteiger partial charge is 0.394 e. The number of aliphatic hydroxyl groups is 7. The van der Waals surface area contributed by atoms with Gasteiger partial charge in [0.25, 0.3) is 0 Å². The average Bonchev–Trinajstić information content (AvgIpc) is 2.48. The third kappa shape index (κ3) is 3.68. The van der Waals surface area contributed by atoms with E-state index in [9.17, 15) is 24.4 Å². The molecule has 4 unspecified atom stereocenters. The first-order valence-corrected chi connectivity index (χ1v) is 7.19. The Morgan fingerprint density at radius 3 is 1.40 bits per heavy atom. The highest BCUT2D eigenvalue weighted by Crippen LogP contribution is 2.54. The number of hydrogen-bond acceptors (Lipinski definition) is 10. The molecule has 0 aromatic rings. The minimum Gasteiger partial charge on any atom is -0.394 e. The van der Waals surface area contributed by atoms with E-state index in [0.717, 1.165) is 0 Å². The lowest BCUT2D eigenvalue weighted by atomic mass is 10.4. The molecular formula is C9H17O10P. The molecule has 0 bridgehead atoms. The van der Waals surface area contributed by atoms with Gasteiger partial charge in [0, 0.05) is 0 Å². The van der Waals surface area contributed by atoms with E-state index in [0.29, 0.717) is 0 Å². The monoisotopic (exact) mass is 316 g/mol. The molecule has 0 amide bonds. The van der Waals surface area contributed by atoms with Crippen molar-refractivity contribution in [1.82, 2.24) is 0 Å². The molecule has 0 heterocycles. The molecule has 0 saturated carbocycles. The van der Waals surface area contributed by atoms with E-state index < -0.39 is 62.2 Å². The summed E-state index contributed by atoms with van der Waals surface area (Å²) in [6.45, 7) is -3.59. The van der Waals surface area contributed by atoms with Crippen LogP contribution in [0.1, 0.15) is 0 Å². The number of hydrogen-bond donors (Lipinski definition) is 7. The maximum Gasteiger partial charge on any atom is 0.246 e. The summed E-state index contributed by atoms with van der Waals surface area (Å²) in [5.74, 6) is -2.59. The molecule has 7 N–H and O–H groups in total. The van der Waals surface area contributed by atoms with Crippen LogP contribution >= 0.6 is 7.14 Å². The molecule has 0 aliphatic carbocycles. The highest BCUT2D eigenvalue weighted by Gasteiger charge is 2.52. The summed E-state index contributed by atoms with van der Waals surface area (Å²) in [4.78, 5) is 23.4. The van der Waals surface area contributed by atoms with Crippen LogP contribution < -0.4 is 0 Å². The van der Waals surface area contributed by atoms with Crippen molar-refractivity contribution in [3.63, 3.8) is 0 Å². The molecule has 0 aromatic carbocycles. The molecule has 118 valence electrons. The van der Waals surface area contributed by atoms with E-state index in [1.165, 1.54) is 0 Å². The Balaban J connectivity index is 5.74. The standard InChI is InChI=1S/C9H17O10P/c10-1-4(13)7(16)20(19,8(17)5(14)2-11)9(18)6(15)3-12/h4-7,10-16H,1-3H2. The van der Waals surface area contributed by atoms with Crippen LogP contribution in [0.5, 0.6) is 0 Å². The van der Waals surface area contributed by atoms with Crippen LogP contribution in [-0.4, -0.2) is 90.8 Å². The molecule has 0 spiro atoms. The predicted molar refractivity (Wildman–Crippen MR) is 62.9 cm³/mol. The maximum atomic E-state index is 12.4. The van der Waals surface area contributed by atoms with Crippen LogP contribution in [0.3, 0.4) is 0 Å². The second-order valence-electron chi connectivity index (χ2n) is 3.89. The molecule has 11 heteroatoms. The highest BCUT2D eigenvalue weighted by molar-refractivity contribution is 7.95. The smallest absolute Gasteiger partial charge is 0.246 e. The van der Waals surface area contributed by atoms with Gasteiger partial charge in [-0.2, -0.15) is 0 Å². The zero-order valence-electron chi connectivity index (χ0n) is 10.2. The molecule has 0 radical (unpaired) electrons. The van der Waals surface area contributed by atoms with Crippen molar-refractivity contribution in [2.24, 2.45) is 0 Å². The third-order valence-electron chi connectivity index (χ3n) is 2.47. The Labute approximate surface area is 113 Å². The van der Waals surface area contributed by atoms with Crippen LogP contribution in [0.4, 0.5) is 0 Å². The van der Waals surface area contributed by atoms with Crippen LogP contribution in [-0.2, 0) is 14.2 Å². The second kappa shape index (κ2) is 7.91. The molecule has 0 aliphatic rings. The lowest BCUT2D eigenvalue weighted by Gasteiger charge is -2.26. The van der Waals surface area contributed by atoms with Gasteiger partial charge in [-0.25, -0.2) is 0 Å². The third-order valence-corrected chi connectivity index (χ3v) is 5.47. The molecule has 0 aromatic heterocycles. The van der Waals surface area contributed by atoms with Gasteiger partial charge in [0.2, 0.25) is 18.2 Å². The molecule has 0 aliphatic heterocycles. The number of carbonyl (C=O) groups is 2. The fraction of sp³-hybridized carbons (Fsp3) is 0.778. The summed E-state index contributed by atoms with van der Waals surface area (Å²) < 4.78 is 12.4. The van der Waals surface area contributed by atoms with Crippen molar-refractivity contribution < 1.29 is 49.9 Å². The van der Waals surface area contributed by atoms with Crippen molar-refractivity contribution in [3.05, 3.63) is 0 Å². The quantitative estimate of drug-likeness (QED) is 0.205. The van der Waals surface area contributed by atoms with Gasteiger partial charge in [0.1, 0.15) is 24.2 Å². The first-order valence-electron chi connectivity index (χ1n) is 5.41. The topological polar surface area (TPSA) is 193 Å².